The second kappa shape index (κ2) is 5.34. The average Bonchev–Trinajstić information content (AvgIpc) is 2.86. The Labute approximate surface area is 125 Å². The van der Waals surface area contributed by atoms with Gasteiger partial charge in [0, 0.05) is 30.2 Å². The minimum absolute atomic E-state index is 0.0547. The Hall–Kier alpha value is -2.12. The van der Waals surface area contributed by atoms with Crippen LogP contribution in [-0.4, -0.2) is 49.2 Å². The molecule has 0 spiro atoms. The molecule has 0 amide bonds. The molecule has 1 aromatic heterocycles. The number of aromatic nitrogens is 3. The molecule has 0 bridgehead atoms. The number of benzene rings is 1. The maximum atomic E-state index is 10.8. The summed E-state index contributed by atoms with van der Waals surface area (Å²) in [6.45, 7) is 2.02. The molecule has 2 heterocycles. The van der Waals surface area contributed by atoms with Crippen LogP contribution < -0.4 is 0 Å². The summed E-state index contributed by atoms with van der Waals surface area (Å²) < 4.78 is 1.57. The third-order valence-electron chi connectivity index (χ3n) is 3.48. The second-order valence-corrected chi connectivity index (χ2v) is 5.45. The van der Waals surface area contributed by atoms with Gasteiger partial charge in [0.2, 0.25) is 0 Å². The molecule has 0 aliphatic carbocycles. The minimum atomic E-state index is -1.08. The molecule has 7 nitrogen and oxygen atoms in total. The van der Waals surface area contributed by atoms with Crippen LogP contribution in [0.3, 0.4) is 0 Å². The van der Waals surface area contributed by atoms with Crippen molar-refractivity contribution < 1.29 is 15.0 Å². The summed E-state index contributed by atoms with van der Waals surface area (Å²) in [6, 6.07) is 5.06. The predicted octanol–water partition coefficient (Wildman–Crippen LogP) is 1.39. The molecular weight excluding hydrogens is 296 g/mol. The van der Waals surface area contributed by atoms with Crippen molar-refractivity contribution in [3.63, 3.8) is 0 Å². The molecular formula is C13H13ClN4O3. The fourth-order valence-corrected chi connectivity index (χ4v) is 2.51. The van der Waals surface area contributed by atoms with Gasteiger partial charge in [-0.3, -0.25) is 4.90 Å². The Morgan fingerprint density at radius 1 is 1.43 bits per heavy atom. The standard InChI is InChI=1S/C13H13ClN4O3/c14-9-1-2-12(19)8(3-9)4-17-5-10(6-17)18-7-11(13(20)21)15-16-18/h1-3,7,10,19H,4-6H2,(H,20,21). The molecule has 1 saturated heterocycles. The third-order valence-corrected chi connectivity index (χ3v) is 3.71. The monoisotopic (exact) mass is 308 g/mol. The number of phenols is 1. The van der Waals surface area contributed by atoms with E-state index in [4.69, 9.17) is 16.7 Å². The van der Waals surface area contributed by atoms with Crippen LogP contribution in [-0.2, 0) is 6.54 Å². The molecule has 8 heteroatoms. The molecule has 0 unspecified atom stereocenters. The van der Waals surface area contributed by atoms with Crippen LogP contribution in [0.1, 0.15) is 22.1 Å². The van der Waals surface area contributed by atoms with Crippen molar-refractivity contribution in [2.24, 2.45) is 0 Å². The zero-order chi connectivity index (χ0) is 15.0. The number of aromatic carboxylic acids is 1. The van der Waals surface area contributed by atoms with E-state index in [0.717, 1.165) is 5.56 Å². The third kappa shape index (κ3) is 2.84. The van der Waals surface area contributed by atoms with E-state index < -0.39 is 5.97 Å². The van der Waals surface area contributed by atoms with Crippen molar-refractivity contribution in [1.29, 1.82) is 0 Å². The molecule has 21 heavy (non-hydrogen) atoms. The molecule has 1 aliphatic rings. The van der Waals surface area contributed by atoms with Gasteiger partial charge < -0.3 is 10.2 Å². The first-order valence-electron chi connectivity index (χ1n) is 6.38. The van der Waals surface area contributed by atoms with Crippen molar-refractivity contribution in [1.82, 2.24) is 19.9 Å². The molecule has 2 aromatic rings. The molecule has 1 aromatic carbocycles. The lowest BCUT2D eigenvalue weighted by molar-refractivity contribution is 0.0690. The predicted molar refractivity (Wildman–Crippen MR) is 74.4 cm³/mol. The normalized spacial score (nSPS) is 15.9. The van der Waals surface area contributed by atoms with Gasteiger partial charge in [0.15, 0.2) is 5.69 Å². The Bertz CT molecular complexity index is 682. The van der Waals surface area contributed by atoms with Crippen LogP contribution in [0.5, 0.6) is 5.75 Å². The number of aromatic hydroxyl groups is 1. The van der Waals surface area contributed by atoms with Crippen LogP contribution in [0.4, 0.5) is 0 Å². The summed E-state index contributed by atoms with van der Waals surface area (Å²) in [6.07, 6.45) is 1.43. The van der Waals surface area contributed by atoms with E-state index in [1.807, 2.05) is 0 Å². The highest BCUT2D eigenvalue weighted by atomic mass is 35.5. The van der Waals surface area contributed by atoms with Gasteiger partial charge in [-0.25, -0.2) is 9.48 Å². The number of carboxylic acids is 1. The first-order valence-corrected chi connectivity index (χ1v) is 6.75. The van der Waals surface area contributed by atoms with Crippen molar-refractivity contribution in [2.45, 2.75) is 12.6 Å². The molecule has 3 rings (SSSR count). The molecule has 1 fully saturated rings. The molecule has 110 valence electrons. The van der Waals surface area contributed by atoms with Gasteiger partial charge in [-0.1, -0.05) is 16.8 Å². The van der Waals surface area contributed by atoms with Gasteiger partial charge in [-0.05, 0) is 18.2 Å². The summed E-state index contributed by atoms with van der Waals surface area (Å²) in [5.41, 5.74) is 0.715. The van der Waals surface area contributed by atoms with E-state index in [9.17, 15) is 9.90 Å². The van der Waals surface area contributed by atoms with E-state index in [1.165, 1.54) is 6.20 Å². The van der Waals surface area contributed by atoms with Crippen LogP contribution >= 0.6 is 11.6 Å². The molecule has 2 N–H and O–H groups in total. The van der Waals surface area contributed by atoms with Crippen LogP contribution in [0, 0.1) is 0 Å². The highest BCUT2D eigenvalue weighted by Gasteiger charge is 2.30. The van der Waals surface area contributed by atoms with Gasteiger partial charge in [-0.2, -0.15) is 0 Å². The van der Waals surface area contributed by atoms with E-state index in [0.29, 0.717) is 24.7 Å². The number of nitrogens with zero attached hydrogens (tertiary/aromatic N) is 4. The first-order chi connectivity index (χ1) is 10.0. The zero-order valence-corrected chi connectivity index (χ0v) is 11.7. The number of halogens is 1. The number of hydrogen-bond donors (Lipinski definition) is 2. The summed E-state index contributed by atoms with van der Waals surface area (Å²) in [5.74, 6) is -0.863. The second-order valence-electron chi connectivity index (χ2n) is 5.01. The zero-order valence-electron chi connectivity index (χ0n) is 11.0. The van der Waals surface area contributed by atoms with Crippen LogP contribution in [0.25, 0.3) is 0 Å². The van der Waals surface area contributed by atoms with Gasteiger partial charge in [-0.15, -0.1) is 5.10 Å². The van der Waals surface area contributed by atoms with Crippen molar-refractivity contribution in [3.8, 4) is 5.75 Å². The van der Waals surface area contributed by atoms with Gasteiger partial charge in [0.25, 0.3) is 0 Å². The number of likely N-dealkylation sites (tertiary alicyclic amines) is 1. The minimum Gasteiger partial charge on any atom is -0.508 e. The van der Waals surface area contributed by atoms with Gasteiger partial charge >= 0.3 is 5.97 Å². The van der Waals surface area contributed by atoms with E-state index in [1.54, 1.807) is 22.9 Å². The Balaban J connectivity index is 1.60. The lowest BCUT2D eigenvalue weighted by Gasteiger charge is -2.38. The summed E-state index contributed by atoms with van der Waals surface area (Å²) >= 11 is 5.91. The smallest absolute Gasteiger partial charge is 0.358 e. The Morgan fingerprint density at radius 2 is 2.19 bits per heavy atom. The first kappa shape index (κ1) is 13.8. The number of rotatable bonds is 4. The Kier molecular flexibility index (Phi) is 3.52. The average molecular weight is 309 g/mol. The molecule has 1 aliphatic heterocycles. The number of carboxylic acid groups (broad SMARTS) is 1. The molecule has 0 radical (unpaired) electrons. The number of phenolic OH excluding ortho intramolecular Hbond substituents is 1. The fourth-order valence-electron chi connectivity index (χ4n) is 2.31. The molecule has 0 saturated carbocycles. The maximum Gasteiger partial charge on any atom is 0.358 e. The summed E-state index contributed by atoms with van der Waals surface area (Å²) in [5, 5.41) is 26.6. The van der Waals surface area contributed by atoms with E-state index in [2.05, 4.69) is 15.2 Å². The highest BCUT2D eigenvalue weighted by Crippen LogP contribution is 2.27. The van der Waals surface area contributed by atoms with Gasteiger partial charge in [0.1, 0.15) is 5.75 Å². The fraction of sp³-hybridized carbons (Fsp3) is 0.308. The highest BCUT2D eigenvalue weighted by molar-refractivity contribution is 6.30. The topological polar surface area (TPSA) is 91.5 Å². The Morgan fingerprint density at radius 3 is 2.86 bits per heavy atom. The van der Waals surface area contributed by atoms with Crippen LogP contribution in [0.2, 0.25) is 5.02 Å². The van der Waals surface area contributed by atoms with Crippen molar-refractivity contribution >= 4 is 17.6 Å². The van der Waals surface area contributed by atoms with Crippen molar-refractivity contribution in [2.75, 3.05) is 13.1 Å². The summed E-state index contributed by atoms with van der Waals surface area (Å²) in [4.78, 5) is 12.9. The number of hydrogen-bond acceptors (Lipinski definition) is 5. The van der Waals surface area contributed by atoms with E-state index >= 15 is 0 Å². The van der Waals surface area contributed by atoms with Crippen LogP contribution in [0.15, 0.2) is 24.4 Å². The number of carbonyl (C=O) groups is 1. The largest absolute Gasteiger partial charge is 0.508 e. The quantitative estimate of drug-likeness (QED) is 0.887. The molecule has 0 atom stereocenters. The lowest BCUT2D eigenvalue weighted by Crippen LogP contribution is -2.47. The maximum absolute atomic E-state index is 10.8. The van der Waals surface area contributed by atoms with Crippen molar-refractivity contribution in [3.05, 3.63) is 40.7 Å². The summed E-state index contributed by atoms with van der Waals surface area (Å²) in [7, 11) is 0. The lowest BCUT2D eigenvalue weighted by atomic mass is 10.1. The SMILES string of the molecule is O=C(O)c1cn(C2CN(Cc3cc(Cl)ccc3O)C2)nn1. The van der Waals surface area contributed by atoms with Gasteiger partial charge in [0.05, 0.1) is 12.2 Å². The van der Waals surface area contributed by atoms with E-state index in [-0.39, 0.29) is 17.5 Å².